The molecule has 0 aliphatic heterocycles. The summed E-state index contributed by atoms with van der Waals surface area (Å²) in [5, 5.41) is 13.8. The highest BCUT2D eigenvalue weighted by Gasteiger charge is 2.27. The van der Waals surface area contributed by atoms with E-state index in [-0.39, 0.29) is 18.1 Å². The van der Waals surface area contributed by atoms with Crippen molar-refractivity contribution in [3.05, 3.63) is 54.0 Å². The first-order chi connectivity index (χ1) is 13.4. The van der Waals surface area contributed by atoms with Gasteiger partial charge in [-0.2, -0.15) is 5.26 Å². The molecule has 0 bridgehead atoms. The van der Waals surface area contributed by atoms with Gasteiger partial charge in [-0.1, -0.05) is 26.0 Å². The van der Waals surface area contributed by atoms with Crippen LogP contribution < -0.4 is 10.6 Å². The van der Waals surface area contributed by atoms with Crippen LogP contribution in [-0.2, 0) is 20.7 Å². The molecule has 0 spiro atoms. The van der Waals surface area contributed by atoms with Crippen molar-refractivity contribution in [3.8, 4) is 6.07 Å². The zero-order chi connectivity index (χ0) is 20.5. The number of hydrogen-bond acceptors (Lipinski definition) is 6. The Hall–Kier alpha value is -3.60. The molecule has 1 heterocycles. The maximum absolute atomic E-state index is 12.3. The van der Waals surface area contributed by atoms with Crippen LogP contribution in [0.25, 0.3) is 0 Å². The fourth-order valence-corrected chi connectivity index (χ4v) is 2.34. The Bertz CT molecular complexity index is 851. The fraction of sp³-hybridized carbons (Fsp3) is 0.300. The van der Waals surface area contributed by atoms with Crippen LogP contribution in [0.15, 0.2) is 47.1 Å². The Morgan fingerprint density at radius 2 is 1.89 bits per heavy atom. The van der Waals surface area contributed by atoms with Gasteiger partial charge in [0.2, 0.25) is 0 Å². The SMILES string of the molecule is CC(C)C(NC(=O)c1ccco1)C(=O)OCC(=O)Nc1ccc(CC#N)cc1. The highest BCUT2D eigenvalue weighted by Crippen LogP contribution is 2.10. The first-order valence-corrected chi connectivity index (χ1v) is 8.67. The quantitative estimate of drug-likeness (QED) is 0.675. The lowest BCUT2D eigenvalue weighted by atomic mass is 10.0. The van der Waals surface area contributed by atoms with Crippen molar-refractivity contribution in [1.82, 2.24) is 5.32 Å². The first kappa shape index (κ1) is 20.7. The maximum Gasteiger partial charge on any atom is 0.329 e. The van der Waals surface area contributed by atoms with Crippen LogP contribution in [0.2, 0.25) is 0 Å². The molecule has 2 N–H and O–H groups in total. The number of ether oxygens (including phenoxy) is 1. The Morgan fingerprint density at radius 3 is 2.46 bits per heavy atom. The minimum atomic E-state index is -0.921. The lowest BCUT2D eigenvalue weighted by Crippen LogP contribution is -2.45. The molecule has 1 atom stereocenters. The van der Waals surface area contributed by atoms with Gasteiger partial charge in [-0.05, 0) is 35.7 Å². The molecule has 8 nitrogen and oxygen atoms in total. The average molecular weight is 383 g/mol. The number of nitriles is 1. The molecule has 28 heavy (non-hydrogen) atoms. The summed E-state index contributed by atoms with van der Waals surface area (Å²) >= 11 is 0. The van der Waals surface area contributed by atoms with Gasteiger partial charge in [-0.3, -0.25) is 9.59 Å². The van der Waals surface area contributed by atoms with Gasteiger partial charge in [0.15, 0.2) is 12.4 Å². The van der Waals surface area contributed by atoms with E-state index in [4.69, 9.17) is 14.4 Å². The molecule has 1 aromatic carbocycles. The van der Waals surface area contributed by atoms with Crippen LogP contribution in [0, 0.1) is 17.2 Å². The van der Waals surface area contributed by atoms with Gasteiger partial charge in [-0.25, -0.2) is 4.79 Å². The van der Waals surface area contributed by atoms with Crippen LogP contribution in [0.4, 0.5) is 5.69 Å². The Labute approximate surface area is 162 Å². The number of esters is 1. The van der Waals surface area contributed by atoms with Gasteiger partial charge < -0.3 is 19.8 Å². The number of hydrogen-bond donors (Lipinski definition) is 2. The third kappa shape index (κ3) is 5.99. The minimum absolute atomic E-state index is 0.0797. The van der Waals surface area contributed by atoms with Crippen LogP contribution in [0.1, 0.15) is 30.0 Å². The standard InChI is InChI=1S/C20H21N3O5/c1-13(2)18(23-19(25)16-4-3-11-27-16)20(26)28-12-17(24)22-15-7-5-14(6-8-15)9-10-21/h3-8,11,13,18H,9,12H2,1-2H3,(H,22,24)(H,23,25). The number of anilines is 1. The molecule has 146 valence electrons. The highest BCUT2D eigenvalue weighted by atomic mass is 16.5. The van der Waals surface area contributed by atoms with E-state index in [0.717, 1.165) is 5.56 Å². The molecule has 1 aromatic heterocycles. The molecule has 2 amide bonds. The maximum atomic E-state index is 12.3. The average Bonchev–Trinajstić information content (AvgIpc) is 3.20. The lowest BCUT2D eigenvalue weighted by Gasteiger charge is -2.20. The number of furan rings is 1. The monoisotopic (exact) mass is 383 g/mol. The summed E-state index contributed by atoms with van der Waals surface area (Å²) < 4.78 is 10.0. The van der Waals surface area contributed by atoms with Gasteiger partial charge >= 0.3 is 5.97 Å². The van der Waals surface area contributed by atoms with E-state index in [2.05, 4.69) is 10.6 Å². The van der Waals surface area contributed by atoms with E-state index in [9.17, 15) is 14.4 Å². The van der Waals surface area contributed by atoms with Crippen LogP contribution in [0.3, 0.4) is 0 Å². The summed E-state index contributed by atoms with van der Waals surface area (Å²) in [6, 6.07) is 10.9. The molecule has 0 aliphatic carbocycles. The van der Waals surface area contributed by atoms with Gasteiger partial charge in [0, 0.05) is 5.69 Å². The molecule has 0 radical (unpaired) electrons. The predicted octanol–water partition coefficient (Wildman–Crippen LogP) is 2.28. The number of carbonyl (C=O) groups excluding carboxylic acids is 3. The summed E-state index contributed by atoms with van der Waals surface area (Å²) in [6.45, 7) is 3.01. The van der Waals surface area contributed by atoms with E-state index in [0.29, 0.717) is 5.69 Å². The third-order valence-corrected chi connectivity index (χ3v) is 3.82. The number of nitrogens with one attached hydrogen (secondary N) is 2. The summed E-state index contributed by atoms with van der Waals surface area (Å²) in [5.41, 5.74) is 1.35. The van der Waals surface area contributed by atoms with E-state index >= 15 is 0 Å². The molecule has 0 aliphatic rings. The number of benzene rings is 1. The smallest absolute Gasteiger partial charge is 0.329 e. The van der Waals surface area contributed by atoms with Gasteiger partial charge in [-0.15, -0.1) is 0 Å². The molecule has 8 heteroatoms. The lowest BCUT2D eigenvalue weighted by molar-refractivity contribution is -0.150. The Balaban J connectivity index is 1.86. The number of amides is 2. The number of nitrogens with zero attached hydrogens (tertiary/aromatic N) is 1. The van der Waals surface area contributed by atoms with Crippen molar-refractivity contribution in [2.45, 2.75) is 26.3 Å². The van der Waals surface area contributed by atoms with E-state index in [1.54, 1.807) is 44.2 Å². The molecule has 2 rings (SSSR count). The molecular formula is C20H21N3O5. The van der Waals surface area contributed by atoms with E-state index in [1.165, 1.54) is 12.3 Å². The van der Waals surface area contributed by atoms with Gasteiger partial charge in [0.1, 0.15) is 6.04 Å². The first-order valence-electron chi connectivity index (χ1n) is 8.67. The molecular weight excluding hydrogens is 362 g/mol. The molecule has 1 unspecified atom stereocenters. The van der Waals surface area contributed by atoms with Crippen LogP contribution in [0.5, 0.6) is 0 Å². The Morgan fingerprint density at radius 1 is 1.18 bits per heavy atom. The summed E-state index contributed by atoms with van der Waals surface area (Å²) in [6.07, 6.45) is 1.64. The van der Waals surface area contributed by atoms with Crippen molar-refractivity contribution < 1.29 is 23.5 Å². The van der Waals surface area contributed by atoms with Crippen LogP contribution >= 0.6 is 0 Å². The van der Waals surface area contributed by atoms with Crippen molar-refractivity contribution in [2.24, 2.45) is 5.92 Å². The topological polar surface area (TPSA) is 121 Å². The molecule has 0 fully saturated rings. The van der Waals surface area contributed by atoms with Crippen molar-refractivity contribution in [3.63, 3.8) is 0 Å². The molecule has 2 aromatic rings. The highest BCUT2D eigenvalue weighted by molar-refractivity contribution is 5.96. The van der Waals surface area contributed by atoms with Crippen LogP contribution in [-0.4, -0.2) is 30.4 Å². The van der Waals surface area contributed by atoms with Crippen molar-refractivity contribution in [1.29, 1.82) is 5.26 Å². The number of rotatable bonds is 8. The zero-order valence-corrected chi connectivity index (χ0v) is 15.6. The van der Waals surface area contributed by atoms with Gasteiger partial charge in [0.05, 0.1) is 18.8 Å². The third-order valence-electron chi connectivity index (χ3n) is 3.82. The summed E-state index contributed by atoms with van der Waals surface area (Å²) in [7, 11) is 0. The summed E-state index contributed by atoms with van der Waals surface area (Å²) in [4.78, 5) is 36.3. The summed E-state index contributed by atoms with van der Waals surface area (Å²) in [5.74, 6) is -1.93. The second kappa shape index (κ2) is 9.92. The normalized spacial score (nSPS) is 11.4. The largest absolute Gasteiger partial charge is 0.459 e. The Kier molecular flexibility index (Phi) is 7.34. The van der Waals surface area contributed by atoms with Crippen molar-refractivity contribution in [2.75, 3.05) is 11.9 Å². The second-order valence-corrected chi connectivity index (χ2v) is 6.36. The zero-order valence-electron chi connectivity index (χ0n) is 15.6. The minimum Gasteiger partial charge on any atom is -0.459 e. The van der Waals surface area contributed by atoms with Crippen molar-refractivity contribution >= 4 is 23.5 Å². The molecule has 0 saturated heterocycles. The number of carbonyl (C=O) groups is 3. The van der Waals surface area contributed by atoms with Gasteiger partial charge in [0.25, 0.3) is 11.8 Å². The second-order valence-electron chi connectivity index (χ2n) is 6.36. The predicted molar refractivity (Wildman–Crippen MR) is 100 cm³/mol. The molecule has 0 saturated carbocycles. The van der Waals surface area contributed by atoms with E-state index in [1.807, 2.05) is 6.07 Å². The van der Waals surface area contributed by atoms with E-state index < -0.39 is 30.4 Å². The fourth-order valence-electron chi connectivity index (χ4n) is 2.34.